The van der Waals surface area contributed by atoms with Crippen molar-refractivity contribution in [2.45, 2.75) is 26.4 Å². The van der Waals surface area contributed by atoms with Crippen LogP contribution in [0.2, 0.25) is 0 Å². The van der Waals surface area contributed by atoms with Gasteiger partial charge in [0.05, 0.1) is 0 Å². The van der Waals surface area contributed by atoms with Crippen LogP contribution in [0.1, 0.15) is 29.2 Å². The molecule has 0 spiro atoms. The van der Waals surface area contributed by atoms with Crippen LogP contribution < -0.4 is 0 Å². The molecule has 18 heavy (non-hydrogen) atoms. The minimum absolute atomic E-state index is 0.251. The first-order chi connectivity index (χ1) is 8.41. The first-order valence-corrected chi connectivity index (χ1v) is 5.97. The van der Waals surface area contributed by atoms with Crippen LogP contribution in [0.25, 0.3) is 0 Å². The van der Waals surface area contributed by atoms with Crippen molar-refractivity contribution in [3.8, 4) is 0 Å². The Morgan fingerprint density at radius 3 is 2.06 bits per heavy atom. The Morgan fingerprint density at radius 2 is 1.50 bits per heavy atom. The van der Waals surface area contributed by atoms with E-state index in [4.69, 9.17) is 0 Å². The van der Waals surface area contributed by atoms with Gasteiger partial charge in [0.2, 0.25) is 0 Å². The van der Waals surface area contributed by atoms with Gasteiger partial charge in [0.25, 0.3) is 0 Å². The van der Waals surface area contributed by atoms with Crippen LogP contribution in [0.5, 0.6) is 0 Å². The summed E-state index contributed by atoms with van der Waals surface area (Å²) in [6.07, 6.45) is 0. The molecule has 1 atom stereocenters. The van der Waals surface area contributed by atoms with E-state index >= 15 is 0 Å². The lowest BCUT2D eigenvalue weighted by atomic mass is 9.87. The van der Waals surface area contributed by atoms with Crippen molar-refractivity contribution in [1.29, 1.82) is 0 Å². The van der Waals surface area contributed by atoms with Gasteiger partial charge in [-0.05, 0) is 49.6 Å². The monoisotopic (exact) mass is 244 g/mol. The molecule has 0 heterocycles. The summed E-state index contributed by atoms with van der Waals surface area (Å²) in [5.74, 6) is -0.251. The molecule has 0 aromatic heterocycles. The van der Waals surface area contributed by atoms with Gasteiger partial charge in [-0.2, -0.15) is 0 Å². The molecule has 1 N–H and O–H groups in total. The zero-order valence-corrected chi connectivity index (χ0v) is 10.9. The maximum atomic E-state index is 13.3. The molecule has 0 aliphatic carbocycles. The normalized spacial score (nSPS) is 14.3. The lowest BCUT2D eigenvalue weighted by molar-refractivity contribution is 0.102. The van der Waals surface area contributed by atoms with Crippen LogP contribution in [0, 0.1) is 19.7 Å². The van der Waals surface area contributed by atoms with E-state index in [0.717, 1.165) is 11.1 Å². The highest BCUT2D eigenvalue weighted by Gasteiger charge is 2.25. The summed E-state index contributed by atoms with van der Waals surface area (Å²) in [5, 5.41) is 10.6. The average Bonchev–Trinajstić information content (AvgIpc) is 2.33. The highest BCUT2D eigenvalue weighted by molar-refractivity contribution is 5.38. The van der Waals surface area contributed by atoms with Crippen LogP contribution >= 0.6 is 0 Å². The standard InChI is InChI=1S/C16H17FO/c1-11-4-6-13(7-5-11)16(3,18)14-8-9-15(17)12(2)10-14/h4-10,18H,1-3H3. The van der Waals surface area contributed by atoms with Crippen molar-refractivity contribution in [1.82, 2.24) is 0 Å². The Balaban J connectivity index is 2.46. The largest absolute Gasteiger partial charge is 0.381 e. The van der Waals surface area contributed by atoms with E-state index in [2.05, 4.69) is 0 Å². The lowest BCUT2D eigenvalue weighted by Crippen LogP contribution is -2.22. The van der Waals surface area contributed by atoms with E-state index in [1.165, 1.54) is 6.07 Å². The summed E-state index contributed by atoms with van der Waals surface area (Å²) in [6.45, 7) is 5.43. The second-order valence-electron chi connectivity index (χ2n) is 4.90. The Morgan fingerprint density at radius 1 is 0.944 bits per heavy atom. The lowest BCUT2D eigenvalue weighted by Gasteiger charge is -2.25. The molecule has 0 saturated carbocycles. The maximum Gasteiger partial charge on any atom is 0.126 e. The predicted octanol–water partition coefficient (Wildman–Crippen LogP) is 3.70. The number of rotatable bonds is 2. The minimum atomic E-state index is -1.10. The van der Waals surface area contributed by atoms with Crippen molar-refractivity contribution in [2.24, 2.45) is 0 Å². The molecule has 2 rings (SSSR count). The van der Waals surface area contributed by atoms with Crippen molar-refractivity contribution >= 4 is 0 Å². The minimum Gasteiger partial charge on any atom is -0.381 e. The second kappa shape index (κ2) is 4.54. The van der Waals surface area contributed by atoms with E-state index in [0.29, 0.717) is 11.1 Å². The van der Waals surface area contributed by atoms with Gasteiger partial charge in [-0.25, -0.2) is 4.39 Å². The van der Waals surface area contributed by atoms with Crippen molar-refractivity contribution < 1.29 is 9.50 Å². The first-order valence-electron chi connectivity index (χ1n) is 5.97. The molecule has 94 valence electrons. The van der Waals surface area contributed by atoms with E-state index in [9.17, 15) is 9.50 Å². The number of hydrogen-bond acceptors (Lipinski definition) is 1. The first kappa shape index (κ1) is 12.8. The van der Waals surface area contributed by atoms with Gasteiger partial charge in [0.15, 0.2) is 0 Å². The maximum absolute atomic E-state index is 13.3. The highest BCUT2D eigenvalue weighted by atomic mass is 19.1. The van der Waals surface area contributed by atoms with Gasteiger partial charge in [0, 0.05) is 0 Å². The molecule has 0 bridgehead atoms. The Bertz CT molecular complexity index is 556. The van der Waals surface area contributed by atoms with E-state index in [1.54, 1.807) is 26.0 Å². The molecule has 1 nitrogen and oxygen atoms in total. The zero-order chi connectivity index (χ0) is 13.3. The van der Waals surface area contributed by atoms with E-state index in [-0.39, 0.29) is 5.82 Å². The molecule has 0 aliphatic heterocycles. The predicted molar refractivity (Wildman–Crippen MR) is 71.0 cm³/mol. The van der Waals surface area contributed by atoms with E-state index < -0.39 is 5.60 Å². The topological polar surface area (TPSA) is 20.2 Å². The summed E-state index contributed by atoms with van der Waals surface area (Å²) >= 11 is 0. The summed E-state index contributed by atoms with van der Waals surface area (Å²) in [6, 6.07) is 12.4. The molecular formula is C16H17FO. The van der Waals surface area contributed by atoms with Gasteiger partial charge in [-0.3, -0.25) is 0 Å². The van der Waals surface area contributed by atoms with Crippen LogP contribution in [0.4, 0.5) is 4.39 Å². The van der Waals surface area contributed by atoms with Crippen LogP contribution in [-0.4, -0.2) is 5.11 Å². The highest BCUT2D eigenvalue weighted by Crippen LogP contribution is 2.30. The summed E-state index contributed by atoms with van der Waals surface area (Å²) in [7, 11) is 0. The number of aliphatic hydroxyl groups is 1. The molecule has 0 fully saturated rings. The number of hydrogen-bond donors (Lipinski definition) is 1. The molecule has 2 aromatic carbocycles. The number of benzene rings is 2. The zero-order valence-electron chi connectivity index (χ0n) is 10.9. The van der Waals surface area contributed by atoms with Gasteiger partial charge >= 0.3 is 0 Å². The second-order valence-corrected chi connectivity index (χ2v) is 4.90. The molecular weight excluding hydrogens is 227 g/mol. The number of aryl methyl sites for hydroxylation is 2. The van der Waals surface area contributed by atoms with Crippen molar-refractivity contribution in [3.05, 3.63) is 70.5 Å². The molecule has 0 aliphatic rings. The third kappa shape index (κ3) is 2.29. The summed E-state index contributed by atoms with van der Waals surface area (Å²) in [5.41, 5.74) is 2.08. The quantitative estimate of drug-likeness (QED) is 0.854. The molecule has 0 radical (unpaired) electrons. The van der Waals surface area contributed by atoms with Crippen molar-refractivity contribution in [2.75, 3.05) is 0 Å². The molecule has 2 aromatic rings. The Labute approximate surface area is 107 Å². The molecule has 0 saturated heterocycles. The molecule has 2 heteroatoms. The Kier molecular flexibility index (Phi) is 3.22. The summed E-state index contributed by atoms with van der Waals surface area (Å²) < 4.78 is 13.3. The fraction of sp³-hybridized carbons (Fsp3) is 0.250. The van der Waals surface area contributed by atoms with Gasteiger partial charge < -0.3 is 5.11 Å². The Hall–Kier alpha value is -1.67. The smallest absolute Gasteiger partial charge is 0.126 e. The van der Waals surface area contributed by atoms with E-state index in [1.807, 2.05) is 31.2 Å². The molecule has 0 amide bonds. The van der Waals surface area contributed by atoms with Gasteiger partial charge in [-0.1, -0.05) is 35.9 Å². The molecule has 1 unspecified atom stereocenters. The third-order valence-electron chi connectivity index (χ3n) is 3.33. The van der Waals surface area contributed by atoms with Crippen LogP contribution in [0.15, 0.2) is 42.5 Å². The fourth-order valence-electron chi connectivity index (χ4n) is 1.99. The SMILES string of the molecule is Cc1ccc(C(C)(O)c2ccc(F)c(C)c2)cc1. The third-order valence-corrected chi connectivity index (χ3v) is 3.33. The fourth-order valence-corrected chi connectivity index (χ4v) is 1.99. The average molecular weight is 244 g/mol. The summed E-state index contributed by atoms with van der Waals surface area (Å²) in [4.78, 5) is 0. The van der Waals surface area contributed by atoms with Gasteiger partial charge in [0.1, 0.15) is 11.4 Å². The van der Waals surface area contributed by atoms with Crippen LogP contribution in [0.3, 0.4) is 0 Å². The van der Waals surface area contributed by atoms with Crippen molar-refractivity contribution in [3.63, 3.8) is 0 Å². The van der Waals surface area contributed by atoms with Gasteiger partial charge in [-0.15, -0.1) is 0 Å². The van der Waals surface area contributed by atoms with Crippen LogP contribution in [-0.2, 0) is 5.60 Å². The number of halogens is 1.